The monoisotopic (exact) mass is 353 g/mol. The van der Waals surface area contributed by atoms with Crippen LogP contribution in [-0.4, -0.2) is 83.0 Å². The molecular weight excluding hydrogens is 326 g/mol. The van der Waals surface area contributed by atoms with Crippen LogP contribution >= 0.6 is 0 Å². The van der Waals surface area contributed by atoms with Crippen LogP contribution in [0, 0.1) is 0 Å². The van der Waals surface area contributed by atoms with Gasteiger partial charge in [-0.15, -0.1) is 5.11 Å². The Morgan fingerprint density at radius 1 is 1.36 bits per heavy atom. The number of amidine groups is 1. The Hall–Kier alpha value is -2.07. The lowest BCUT2D eigenvalue weighted by Crippen LogP contribution is -2.46. The summed E-state index contributed by atoms with van der Waals surface area (Å²) >= 11 is 0. The Balaban J connectivity index is 1.97. The number of hydrazone groups is 1. The third-order valence-electron chi connectivity index (χ3n) is 4.24. The van der Waals surface area contributed by atoms with Gasteiger partial charge in [0.1, 0.15) is 0 Å². The fourth-order valence-electron chi connectivity index (χ4n) is 2.92. The van der Waals surface area contributed by atoms with E-state index >= 15 is 0 Å². The van der Waals surface area contributed by atoms with Crippen molar-refractivity contribution >= 4 is 17.6 Å². The van der Waals surface area contributed by atoms with E-state index in [9.17, 15) is 14.7 Å². The van der Waals surface area contributed by atoms with Crippen molar-refractivity contribution in [2.24, 2.45) is 21.2 Å². The van der Waals surface area contributed by atoms with Crippen LogP contribution in [0.25, 0.3) is 0 Å². The third kappa shape index (κ3) is 4.73. The molecule has 0 saturated carbocycles. The molecule has 0 aromatic rings. The summed E-state index contributed by atoms with van der Waals surface area (Å²) in [4.78, 5) is 27.9. The number of hydrogen-bond donors (Lipinski definition) is 3. The number of aliphatic hydroxyl groups is 1. The zero-order valence-corrected chi connectivity index (χ0v) is 15.1. The number of nitrogens with one attached hydrogen (secondary N) is 1. The van der Waals surface area contributed by atoms with Crippen LogP contribution in [0.2, 0.25) is 0 Å². The highest BCUT2D eigenvalue weighted by molar-refractivity contribution is 6.38. The number of β-amino-alcohol motifs (C(OH)–C–C–N with tert-alkyl or cyclic N) is 1. The summed E-state index contributed by atoms with van der Waals surface area (Å²) in [6.07, 6.45) is -0.0564. The Kier molecular flexibility index (Phi) is 5.73. The molecular formula is C15H27N7O3. The van der Waals surface area contributed by atoms with Crippen LogP contribution in [0.5, 0.6) is 0 Å². The Bertz CT molecular complexity index is 584. The minimum atomic E-state index is -0.777. The zero-order valence-electron chi connectivity index (χ0n) is 15.1. The second-order valence-corrected chi connectivity index (χ2v) is 7.49. The largest absolute Gasteiger partial charge is 0.390 e. The van der Waals surface area contributed by atoms with E-state index in [2.05, 4.69) is 20.6 Å². The highest BCUT2D eigenvalue weighted by Crippen LogP contribution is 2.21. The topological polar surface area (TPSA) is 136 Å². The van der Waals surface area contributed by atoms with Gasteiger partial charge in [-0.05, 0) is 27.2 Å². The molecule has 25 heavy (non-hydrogen) atoms. The van der Waals surface area contributed by atoms with Gasteiger partial charge in [0, 0.05) is 26.7 Å². The number of nitrogens with two attached hydrogens (primary N) is 1. The normalized spacial score (nSPS) is 29.0. The first-order chi connectivity index (χ1) is 11.6. The summed E-state index contributed by atoms with van der Waals surface area (Å²) in [5, 5.41) is 24.0. The van der Waals surface area contributed by atoms with Gasteiger partial charge >= 0.3 is 0 Å². The Morgan fingerprint density at radius 2 is 2.04 bits per heavy atom. The molecule has 3 atom stereocenters. The first-order valence-corrected chi connectivity index (χ1v) is 8.31. The van der Waals surface area contributed by atoms with Crippen LogP contribution in [0.3, 0.4) is 0 Å². The van der Waals surface area contributed by atoms with E-state index in [-0.39, 0.29) is 17.8 Å². The lowest BCUT2D eigenvalue weighted by molar-refractivity contribution is -0.130. The Morgan fingerprint density at radius 3 is 2.56 bits per heavy atom. The second kappa shape index (κ2) is 7.44. The van der Waals surface area contributed by atoms with Crippen molar-refractivity contribution < 1.29 is 14.7 Å². The van der Waals surface area contributed by atoms with Crippen LogP contribution in [0.1, 0.15) is 27.2 Å². The lowest BCUT2D eigenvalue weighted by Gasteiger charge is -2.22. The summed E-state index contributed by atoms with van der Waals surface area (Å²) in [5.41, 5.74) is -0.464. The molecule has 0 spiro atoms. The number of carbonyl (C=O) groups excluding carboxylic acids is 2. The molecule has 2 aliphatic heterocycles. The van der Waals surface area contributed by atoms with Gasteiger partial charge in [-0.25, -0.2) is 0 Å². The average molecular weight is 353 g/mol. The minimum absolute atomic E-state index is 0.0439. The summed E-state index contributed by atoms with van der Waals surface area (Å²) in [7, 11) is 1.76. The highest BCUT2D eigenvalue weighted by atomic mass is 16.3. The quantitative estimate of drug-likeness (QED) is 0.190. The Labute approximate surface area is 147 Å². The number of nitrogens with zero attached hydrogens (tertiary/aromatic N) is 5. The molecule has 10 nitrogen and oxygen atoms in total. The van der Waals surface area contributed by atoms with Gasteiger partial charge in [-0.3, -0.25) is 14.5 Å². The van der Waals surface area contributed by atoms with Crippen molar-refractivity contribution in [2.75, 3.05) is 26.7 Å². The van der Waals surface area contributed by atoms with Gasteiger partial charge in [0.25, 0.3) is 11.7 Å². The van der Waals surface area contributed by atoms with Crippen molar-refractivity contribution in [3.63, 3.8) is 0 Å². The lowest BCUT2D eigenvalue weighted by atomic mass is 10.1. The van der Waals surface area contributed by atoms with Gasteiger partial charge in [0.2, 0.25) is 5.91 Å². The number of azo groups is 1. The summed E-state index contributed by atoms with van der Waals surface area (Å²) in [5.74, 6) is 4.41. The molecule has 2 rings (SSSR count). The van der Waals surface area contributed by atoms with Gasteiger partial charge in [-0.1, -0.05) is 0 Å². The molecule has 0 radical (unpaired) electrons. The van der Waals surface area contributed by atoms with Gasteiger partial charge in [-0.2, -0.15) is 10.2 Å². The fraction of sp³-hybridized carbons (Fsp3) is 0.800. The van der Waals surface area contributed by atoms with Crippen molar-refractivity contribution in [1.29, 1.82) is 0 Å². The number of rotatable bonds is 2. The highest BCUT2D eigenvalue weighted by Gasteiger charge is 2.42. The van der Waals surface area contributed by atoms with Crippen molar-refractivity contribution in [3.05, 3.63) is 0 Å². The molecule has 10 heteroatoms. The molecule has 0 unspecified atom stereocenters. The van der Waals surface area contributed by atoms with Crippen LogP contribution in [0.4, 0.5) is 0 Å². The van der Waals surface area contributed by atoms with Crippen molar-refractivity contribution in [1.82, 2.24) is 15.1 Å². The number of amides is 2. The number of likely N-dealkylation sites (tertiary alicyclic amines) is 2. The zero-order chi connectivity index (χ0) is 18.8. The maximum atomic E-state index is 12.3. The molecule has 0 aromatic heterocycles. The van der Waals surface area contributed by atoms with E-state index in [0.717, 1.165) is 6.42 Å². The molecule has 0 aromatic carbocycles. The summed E-state index contributed by atoms with van der Waals surface area (Å²) in [6, 6.07) is -0.766. The number of aliphatic hydroxyl groups excluding tert-OH is 1. The van der Waals surface area contributed by atoms with Gasteiger partial charge in [0.05, 0.1) is 23.7 Å². The summed E-state index contributed by atoms with van der Waals surface area (Å²) in [6.45, 7) is 6.90. The predicted molar refractivity (Wildman–Crippen MR) is 91.8 cm³/mol. The molecule has 2 aliphatic rings. The second-order valence-electron chi connectivity index (χ2n) is 7.49. The summed E-state index contributed by atoms with van der Waals surface area (Å²) < 4.78 is 0. The third-order valence-corrected chi connectivity index (χ3v) is 4.24. The maximum absolute atomic E-state index is 12.3. The number of carbonyl (C=O) groups is 2. The van der Waals surface area contributed by atoms with E-state index in [1.54, 1.807) is 11.9 Å². The number of hydrogen-bond acceptors (Lipinski definition) is 7. The van der Waals surface area contributed by atoms with E-state index in [0.29, 0.717) is 19.6 Å². The van der Waals surface area contributed by atoms with E-state index < -0.39 is 23.6 Å². The van der Waals surface area contributed by atoms with Crippen LogP contribution in [-0.2, 0) is 9.59 Å². The first-order valence-electron chi connectivity index (χ1n) is 8.31. The van der Waals surface area contributed by atoms with Crippen molar-refractivity contribution in [3.8, 4) is 0 Å². The average Bonchev–Trinajstić information content (AvgIpc) is 3.02. The number of likely N-dealkylation sites (N-methyl/N-ethyl adjacent to an activating group) is 1. The van der Waals surface area contributed by atoms with Crippen molar-refractivity contribution in [2.45, 2.75) is 50.9 Å². The molecule has 4 N–H and O–H groups in total. The molecule has 2 heterocycles. The molecule has 0 aliphatic carbocycles. The van der Waals surface area contributed by atoms with E-state index in [1.807, 2.05) is 25.7 Å². The SMILES string of the molecule is CN1CC[C@@H](N2C[C@H](O)[C@H](NC(=O)/C(N=NC(C)(C)C)=N/N)C2)C1=O. The first kappa shape index (κ1) is 19.3. The minimum Gasteiger partial charge on any atom is -0.390 e. The van der Waals surface area contributed by atoms with E-state index in [1.165, 1.54) is 0 Å². The van der Waals surface area contributed by atoms with Crippen LogP contribution in [0.15, 0.2) is 15.3 Å². The van der Waals surface area contributed by atoms with Crippen LogP contribution < -0.4 is 11.2 Å². The molecule has 2 fully saturated rings. The predicted octanol–water partition coefficient (Wildman–Crippen LogP) is -1.10. The van der Waals surface area contributed by atoms with Gasteiger partial charge < -0.3 is 21.2 Å². The fourth-order valence-corrected chi connectivity index (χ4v) is 2.92. The molecule has 0 bridgehead atoms. The molecule has 2 amide bonds. The van der Waals surface area contributed by atoms with E-state index in [4.69, 9.17) is 5.84 Å². The van der Waals surface area contributed by atoms with Gasteiger partial charge in [0.15, 0.2) is 0 Å². The molecule has 2 saturated heterocycles. The standard InChI is InChI=1S/C15H27N7O3/c1-15(2,3)20-19-12(18-16)13(24)17-9-7-22(8-11(9)23)10-5-6-21(4)14(10)25/h9-11,23H,5-8,16H2,1-4H3,(H,17,24)/b18-12-,20-19?/t9-,10-,11+/m1/s1. The smallest absolute Gasteiger partial charge is 0.293 e. The maximum Gasteiger partial charge on any atom is 0.293 e. The molecule has 140 valence electrons.